The monoisotopic (exact) mass is 288 g/mol. The number of halogens is 1. The van der Waals surface area contributed by atoms with Gasteiger partial charge in [0.2, 0.25) is 0 Å². The number of nitrogens with two attached hydrogens (primary N) is 1. The van der Waals surface area contributed by atoms with Crippen molar-refractivity contribution in [3.05, 3.63) is 59.4 Å². The molecule has 0 amide bonds. The minimum atomic E-state index is -0.196. The molecule has 0 aliphatic heterocycles. The van der Waals surface area contributed by atoms with Crippen LogP contribution in [-0.2, 0) is 0 Å². The molecule has 2 N–H and O–H groups in total. The van der Waals surface area contributed by atoms with Crippen molar-refractivity contribution in [2.24, 2.45) is 5.73 Å². The quantitative estimate of drug-likeness (QED) is 0.917. The van der Waals surface area contributed by atoms with E-state index in [2.05, 4.69) is 4.90 Å². The van der Waals surface area contributed by atoms with Gasteiger partial charge in [-0.1, -0.05) is 18.2 Å². The SMILES string of the molecule is COc1cccc(N(C)C(CN)c2ccc(F)c(C)c2)c1. The van der Waals surface area contributed by atoms with E-state index in [1.165, 1.54) is 6.07 Å². The van der Waals surface area contributed by atoms with Gasteiger partial charge in [-0.2, -0.15) is 0 Å². The van der Waals surface area contributed by atoms with Crippen molar-refractivity contribution in [2.45, 2.75) is 13.0 Å². The number of rotatable bonds is 5. The molecule has 0 radical (unpaired) electrons. The first-order valence-corrected chi connectivity index (χ1v) is 6.89. The second-order valence-corrected chi connectivity index (χ2v) is 5.07. The van der Waals surface area contributed by atoms with E-state index in [4.69, 9.17) is 10.5 Å². The van der Waals surface area contributed by atoms with Gasteiger partial charge in [0, 0.05) is 25.3 Å². The minimum Gasteiger partial charge on any atom is -0.497 e. The van der Waals surface area contributed by atoms with Crippen LogP contribution in [0.1, 0.15) is 17.2 Å². The normalized spacial score (nSPS) is 12.0. The molecule has 1 unspecified atom stereocenters. The van der Waals surface area contributed by atoms with Crippen LogP contribution in [0, 0.1) is 12.7 Å². The fraction of sp³-hybridized carbons (Fsp3) is 0.294. The Bertz CT molecular complexity index is 615. The van der Waals surface area contributed by atoms with Crippen molar-refractivity contribution in [1.29, 1.82) is 0 Å². The molecule has 0 saturated heterocycles. The summed E-state index contributed by atoms with van der Waals surface area (Å²) < 4.78 is 18.7. The number of methoxy groups -OCH3 is 1. The molecule has 2 rings (SSSR count). The maximum Gasteiger partial charge on any atom is 0.126 e. The molecule has 0 heterocycles. The second kappa shape index (κ2) is 6.59. The van der Waals surface area contributed by atoms with Gasteiger partial charge in [-0.05, 0) is 36.2 Å². The lowest BCUT2D eigenvalue weighted by molar-refractivity contribution is 0.414. The fourth-order valence-corrected chi connectivity index (χ4v) is 2.40. The van der Waals surface area contributed by atoms with Crippen LogP contribution >= 0.6 is 0 Å². The summed E-state index contributed by atoms with van der Waals surface area (Å²) in [6.07, 6.45) is 0. The van der Waals surface area contributed by atoms with Gasteiger partial charge in [0.1, 0.15) is 11.6 Å². The van der Waals surface area contributed by atoms with E-state index in [0.717, 1.165) is 17.0 Å². The number of hydrogen-bond donors (Lipinski definition) is 1. The number of nitrogens with zero attached hydrogens (tertiary/aromatic N) is 1. The van der Waals surface area contributed by atoms with Crippen LogP contribution in [0.2, 0.25) is 0 Å². The van der Waals surface area contributed by atoms with E-state index in [1.54, 1.807) is 20.1 Å². The van der Waals surface area contributed by atoms with Crippen molar-refractivity contribution >= 4 is 5.69 Å². The highest BCUT2D eigenvalue weighted by Gasteiger charge is 2.17. The summed E-state index contributed by atoms with van der Waals surface area (Å²) in [4.78, 5) is 2.08. The van der Waals surface area contributed by atoms with E-state index in [9.17, 15) is 4.39 Å². The fourth-order valence-electron chi connectivity index (χ4n) is 2.40. The molecule has 0 bridgehead atoms. The van der Waals surface area contributed by atoms with Crippen LogP contribution in [0.5, 0.6) is 5.75 Å². The van der Waals surface area contributed by atoms with Crippen LogP contribution in [0.25, 0.3) is 0 Å². The average Bonchev–Trinajstić information content (AvgIpc) is 2.51. The molecule has 0 saturated carbocycles. The zero-order valence-electron chi connectivity index (χ0n) is 12.6. The number of aryl methyl sites for hydroxylation is 1. The smallest absolute Gasteiger partial charge is 0.126 e. The lowest BCUT2D eigenvalue weighted by atomic mass is 10.0. The summed E-state index contributed by atoms with van der Waals surface area (Å²) >= 11 is 0. The Hall–Kier alpha value is -2.07. The summed E-state index contributed by atoms with van der Waals surface area (Å²) in [7, 11) is 3.62. The van der Waals surface area contributed by atoms with E-state index < -0.39 is 0 Å². The molecule has 21 heavy (non-hydrogen) atoms. The first kappa shape index (κ1) is 15.3. The zero-order valence-corrected chi connectivity index (χ0v) is 12.6. The number of ether oxygens (including phenoxy) is 1. The number of hydrogen-bond acceptors (Lipinski definition) is 3. The molecule has 112 valence electrons. The molecule has 3 nitrogen and oxygen atoms in total. The van der Waals surface area contributed by atoms with Crippen molar-refractivity contribution in [3.63, 3.8) is 0 Å². The van der Waals surface area contributed by atoms with Crippen LogP contribution in [0.3, 0.4) is 0 Å². The predicted molar refractivity (Wildman–Crippen MR) is 84.3 cm³/mol. The number of anilines is 1. The summed E-state index contributed by atoms with van der Waals surface area (Å²) in [6, 6.07) is 12.9. The second-order valence-electron chi connectivity index (χ2n) is 5.07. The van der Waals surface area contributed by atoms with E-state index in [1.807, 2.05) is 37.4 Å². The van der Waals surface area contributed by atoms with Gasteiger partial charge in [-0.3, -0.25) is 0 Å². The average molecular weight is 288 g/mol. The van der Waals surface area contributed by atoms with Crippen LogP contribution < -0.4 is 15.4 Å². The third-order valence-electron chi connectivity index (χ3n) is 3.72. The number of likely N-dealkylation sites (N-methyl/N-ethyl adjacent to an activating group) is 1. The third kappa shape index (κ3) is 3.34. The lowest BCUT2D eigenvalue weighted by Gasteiger charge is -2.30. The lowest BCUT2D eigenvalue weighted by Crippen LogP contribution is -2.30. The summed E-state index contributed by atoms with van der Waals surface area (Å²) in [6.45, 7) is 2.21. The number of benzene rings is 2. The topological polar surface area (TPSA) is 38.5 Å². The summed E-state index contributed by atoms with van der Waals surface area (Å²) in [5.74, 6) is 0.601. The molecule has 1 atom stereocenters. The molecular formula is C17H21FN2O. The maximum atomic E-state index is 13.4. The molecule has 0 fully saturated rings. The van der Waals surface area contributed by atoms with E-state index in [0.29, 0.717) is 12.1 Å². The Morgan fingerprint density at radius 3 is 2.62 bits per heavy atom. The molecule has 0 aliphatic rings. The zero-order chi connectivity index (χ0) is 15.4. The summed E-state index contributed by atoms with van der Waals surface area (Å²) in [5.41, 5.74) is 8.57. The molecule has 4 heteroatoms. The Kier molecular flexibility index (Phi) is 4.81. The van der Waals surface area contributed by atoms with Gasteiger partial charge in [0.25, 0.3) is 0 Å². The minimum absolute atomic E-state index is 0.0172. The van der Waals surface area contributed by atoms with E-state index >= 15 is 0 Å². The van der Waals surface area contributed by atoms with Gasteiger partial charge >= 0.3 is 0 Å². The maximum absolute atomic E-state index is 13.4. The molecule has 0 spiro atoms. The highest BCUT2D eigenvalue weighted by atomic mass is 19.1. The summed E-state index contributed by atoms with van der Waals surface area (Å²) in [5, 5.41) is 0. The highest BCUT2D eigenvalue weighted by molar-refractivity contribution is 5.52. The van der Waals surface area contributed by atoms with Crippen molar-refractivity contribution in [1.82, 2.24) is 0 Å². The predicted octanol–water partition coefficient (Wildman–Crippen LogP) is 3.28. The van der Waals surface area contributed by atoms with Crippen molar-refractivity contribution in [3.8, 4) is 5.75 Å². The van der Waals surface area contributed by atoms with E-state index in [-0.39, 0.29) is 11.9 Å². The molecule has 0 aromatic heterocycles. The Morgan fingerprint density at radius 2 is 2.00 bits per heavy atom. The van der Waals surface area contributed by atoms with Gasteiger partial charge in [0.05, 0.1) is 13.2 Å². The van der Waals surface area contributed by atoms with Crippen LogP contribution in [-0.4, -0.2) is 20.7 Å². The molecular weight excluding hydrogens is 267 g/mol. The van der Waals surface area contributed by atoms with Gasteiger partial charge in [-0.15, -0.1) is 0 Å². The largest absolute Gasteiger partial charge is 0.497 e. The van der Waals surface area contributed by atoms with Gasteiger partial charge in [-0.25, -0.2) is 4.39 Å². The molecule has 0 aliphatic carbocycles. The Morgan fingerprint density at radius 1 is 1.24 bits per heavy atom. The van der Waals surface area contributed by atoms with Crippen LogP contribution in [0.15, 0.2) is 42.5 Å². The Labute approximate surface area is 125 Å². The first-order valence-electron chi connectivity index (χ1n) is 6.89. The van der Waals surface area contributed by atoms with Gasteiger partial charge < -0.3 is 15.4 Å². The van der Waals surface area contributed by atoms with Gasteiger partial charge in [0.15, 0.2) is 0 Å². The van der Waals surface area contributed by atoms with Crippen molar-refractivity contribution < 1.29 is 9.13 Å². The Balaban J connectivity index is 2.32. The highest BCUT2D eigenvalue weighted by Crippen LogP contribution is 2.28. The molecule has 2 aromatic carbocycles. The first-order chi connectivity index (χ1) is 10.1. The molecule has 2 aromatic rings. The van der Waals surface area contributed by atoms with Crippen LogP contribution in [0.4, 0.5) is 10.1 Å². The third-order valence-corrected chi connectivity index (χ3v) is 3.72. The van der Waals surface area contributed by atoms with Crippen molar-refractivity contribution in [2.75, 3.05) is 25.6 Å². The standard InChI is InChI=1S/C17H21FN2O/c1-12-9-13(7-8-16(12)18)17(11-19)20(2)14-5-4-6-15(10-14)21-3/h4-10,17H,11,19H2,1-3H3.